The normalized spacial score (nSPS) is 17.8. The van der Waals surface area contributed by atoms with Crippen LogP contribution in [0.5, 0.6) is 0 Å². The van der Waals surface area contributed by atoms with E-state index in [4.69, 9.17) is 0 Å². The molecule has 0 saturated heterocycles. The molecule has 0 aliphatic carbocycles. The second-order valence-electron chi connectivity index (χ2n) is 4.27. The SMILES string of the molecule is C=CC(=O)N1Cc2cc3ccccc3nc2C1O. The van der Waals surface area contributed by atoms with Gasteiger partial charge in [0.25, 0.3) is 0 Å². The van der Waals surface area contributed by atoms with Crippen LogP contribution in [0.25, 0.3) is 10.9 Å². The Kier molecular flexibility index (Phi) is 2.38. The van der Waals surface area contributed by atoms with Crippen LogP contribution < -0.4 is 0 Å². The van der Waals surface area contributed by atoms with Gasteiger partial charge in [-0.2, -0.15) is 0 Å². The van der Waals surface area contributed by atoms with Gasteiger partial charge in [-0.3, -0.25) is 4.79 Å². The third kappa shape index (κ3) is 1.50. The molecule has 0 saturated carbocycles. The first-order valence-electron chi connectivity index (χ1n) is 5.70. The second-order valence-corrected chi connectivity index (χ2v) is 4.27. The van der Waals surface area contributed by atoms with Gasteiger partial charge in [0.1, 0.15) is 0 Å². The summed E-state index contributed by atoms with van der Waals surface area (Å²) in [6, 6.07) is 9.66. The number of aliphatic hydroxyl groups is 1. The zero-order valence-electron chi connectivity index (χ0n) is 9.71. The Morgan fingerprint density at radius 1 is 1.50 bits per heavy atom. The lowest BCUT2D eigenvalue weighted by Gasteiger charge is -2.17. The number of rotatable bonds is 1. The fraction of sp³-hybridized carbons (Fsp3) is 0.143. The number of pyridine rings is 1. The highest BCUT2D eigenvalue weighted by atomic mass is 16.3. The summed E-state index contributed by atoms with van der Waals surface area (Å²) >= 11 is 0. The average molecular weight is 240 g/mol. The van der Waals surface area contributed by atoms with E-state index in [9.17, 15) is 9.90 Å². The van der Waals surface area contributed by atoms with Crippen LogP contribution >= 0.6 is 0 Å². The van der Waals surface area contributed by atoms with E-state index in [0.29, 0.717) is 12.2 Å². The maximum absolute atomic E-state index is 11.6. The van der Waals surface area contributed by atoms with Crippen LogP contribution in [0.15, 0.2) is 43.0 Å². The molecule has 18 heavy (non-hydrogen) atoms. The molecule has 1 amide bonds. The number of nitrogens with zero attached hydrogens (tertiary/aromatic N) is 2. The minimum absolute atomic E-state index is 0.287. The first kappa shape index (κ1) is 10.9. The Balaban J connectivity index is 2.12. The van der Waals surface area contributed by atoms with Crippen molar-refractivity contribution in [3.05, 3.63) is 54.2 Å². The smallest absolute Gasteiger partial charge is 0.248 e. The van der Waals surface area contributed by atoms with Crippen molar-refractivity contribution in [2.24, 2.45) is 0 Å². The quantitative estimate of drug-likeness (QED) is 0.773. The zero-order valence-corrected chi connectivity index (χ0v) is 9.71. The van der Waals surface area contributed by atoms with Crippen LogP contribution in [0.2, 0.25) is 0 Å². The van der Waals surface area contributed by atoms with Gasteiger partial charge in [0.15, 0.2) is 6.23 Å². The van der Waals surface area contributed by atoms with Crippen molar-refractivity contribution in [1.29, 1.82) is 0 Å². The lowest BCUT2D eigenvalue weighted by atomic mass is 10.1. The first-order chi connectivity index (χ1) is 8.70. The summed E-state index contributed by atoms with van der Waals surface area (Å²) in [5.41, 5.74) is 2.27. The van der Waals surface area contributed by atoms with E-state index >= 15 is 0 Å². The predicted molar refractivity (Wildman–Crippen MR) is 67.4 cm³/mol. The molecule has 1 aromatic heterocycles. The number of amides is 1. The van der Waals surface area contributed by atoms with Gasteiger partial charge in [-0.05, 0) is 23.8 Å². The maximum atomic E-state index is 11.6. The van der Waals surface area contributed by atoms with Crippen molar-refractivity contribution in [3.63, 3.8) is 0 Å². The lowest BCUT2D eigenvalue weighted by Crippen LogP contribution is -2.27. The summed E-state index contributed by atoms with van der Waals surface area (Å²) < 4.78 is 0. The number of fused-ring (bicyclic) bond motifs is 2. The van der Waals surface area contributed by atoms with Gasteiger partial charge >= 0.3 is 0 Å². The number of hydrogen-bond acceptors (Lipinski definition) is 3. The van der Waals surface area contributed by atoms with Gasteiger partial charge in [0.05, 0.1) is 17.8 Å². The highest BCUT2D eigenvalue weighted by molar-refractivity contribution is 5.88. The van der Waals surface area contributed by atoms with E-state index < -0.39 is 6.23 Å². The number of carbonyl (C=O) groups is 1. The summed E-state index contributed by atoms with van der Waals surface area (Å²) in [5.74, 6) is -0.287. The summed E-state index contributed by atoms with van der Waals surface area (Å²) in [7, 11) is 0. The van der Waals surface area contributed by atoms with E-state index in [0.717, 1.165) is 16.5 Å². The predicted octanol–water partition coefficient (Wildman–Crippen LogP) is 1.75. The van der Waals surface area contributed by atoms with E-state index in [-0.39, 0.29) is 5.91 Å². The van der Waals surface area contributed by atoms with E-state index in [2.05, 4.69) is 11.6 Å². The highest BCUT2D eigenvalue weighted by Gasteiger charge is 2.32. The third-order valence-corrected chi connectivity index (χ3v) is 3.17. The molecule has 1 unspecified atom stereocenters. The maximum Gasteiger partial charge on any atom is 0.248 e. The van der Waals surface area contributed by atoms with Crippen molar-refractivity contribution in [2.45, 2.75) is 12.8 Å². The van der Waals surface area contributed by atoms with E-state index in [1.165, 1.54) is 11.0 Å². The number of aliphatic hydroxyl groups excluding tert-OH is 1. The van der Waals surface area contributed by atoms with Crippen LogP contribution in [0, 0.1) is 0 Å². The second kappa shape index (κ2) is 3.92. The summed E-state index contributed by atoms with van der Waals surface area (Å²) in [6.07, 6.45) is 0.226. The molecule has 0 fully saturated rings. The third-order valence-electron chi connectivity index (χ3n) is 3.17. The van der Waals surface area contributed by atoms with Crippen molar-refractivity contribution in [2.75, 3.05) is 0 Å². The molecule has 4 heteroatoms. The van der Waals surface area contributed by atoms with Gasteiger partial charge in [-0.25, -0.2) is 4.98 Å². The molecule has 4 nitrogen and oxygen atoms in total. The molecule has 2 aromatic rings. The molecule has 1 aliphatic heterocycles. The molecule has 0 spiro atoms. The van der Waals surface area contributed by atoms with E-state index in [1.807, 2.05) is 30.3 Å². The molecule has 1 aliphatic rings. The minimum Gasteiger partial charge on any atom is -0.368 e. The Labute approximate surface area is 104 Å². The summed E-state index contributed by atoms with van der Waals surface area (Å²) in [5, 5.41) is 11.1. The number of carbonyl (C=O) groups excluding carboxylic acids is 1. The van der Waals surface area contributed by atoms with Crippen LogP contribution in [0.3, 0.4) is 0 Å². The average Bonchev–Trinajstić information content (AvgIpc) is 2.72. The molecular formula is C14H12N2O2. The summed E-state index contributed by atoms with van der Waals surface area (Å²) in [4.78, 5) is 17.4. The van der Waals surface area contributed by atoms with Crippen LogP contribution in [-0.2, 0) is 11.3 Å². The molecular weight excluding hydrogens is 228 g/mol. The molecule has 90 valence electrons. The van der Waals surface area contributed by atoms with E-state index in [1.54, 1.807) is 0 Å². The topological polar surface area (TPSA) is 53.4 Å². The van der Waals surface area contributed by atoms with Crippen LogP contribution in [0.4, 0.5) is 0 Å². The molecule has 2 heterocycles. The standard InChI is InChI=1S/C14H12N2O2/c1-2-12(17)16-8-10-7-9-5-3-4-6-11(9)15-13(10)14(16)18/h2-7,14,18H,1,8H2. The van der Waals surface area contributed by atoms with Gasteiger partial charge < -0.3 is 10.0 Å². The molecule has 0 bridgehead atoms. The molecule has 3 rings (SSSR count). The first-order valence-corrected chi connectivity index (χ1v) is 5.70. The largest absolute Gasteiger partial charge is 0.368 e. The van der Waals surface area contributed by atoms with Crippen LogP contribution in [0.1, 0.15) is 17.5 Å². The van der Waals surface area contributed by atoms with Gasteiger partial charge in [-0.1, -0.05) is 24.8 Å². The zero-order chi connectivity index (χ0) is 12.7. The fourth-order valence-electron chi connectivity index (χ4n) is 2.26. The molecule has 1 atom stereocenters. The number of hydrogen-bond donors (Lipinski definition) is 1. The number of benzene rings is 1. The van der Waals surface area contributed by atoms with Gasteiger partial charge in [0, 0.05) is 5.39 Å². The molecule has 1 aromatic carbocycles. The lowest BCUT2D eigenvalue weighted by molar-refractivity contribution is -0.135. The fourth-order valence-corrected chi connectivity index (χ4v) is 2.26. The van der Waals surface area contributed by atoms with Gasteiger partial charge in [0.2, 0.25) is 5.91 Å². The Morgan fingerprint density at radius 2 is 2.28 bits per heavy atom. The molecule has 1 N–H and O–H groups in total. The Morgan fingerprint density at radius 3 is 3.06 bits per heavy atom. The summed E-state index contributed by atoms with van der Waals surface area (Å²) in [6.45, 7) is 3.81. The Bertz CT molecular complexity index is 651. The van der Waals surface area contributed by atoms with Crippen molar-refractivity contribution >= 4 is 16.8 Å². The van der Waals surface area contributed by atoms with Gasteiger partial charge in [-0.15, -0.1) is 0 Å². The number of para-hydroxylation sites is 1. The monoisotopic (exact) mass is 240 g/mol. The number of aromatic nitrogens is 1. The molecule has 0 radical (unpaired) electrons. The van der Waals surface area contributed by atoms with Crippen molar-refractivity contribution < 1.29 is 9.90 Å². The highest BCUT2D eigenvalue weighted by Crippen LogP contribution is 2.32. The van der Waals surface area contributed by atoms with Crippen LogP contribution in [-0.4, -0.2) is 20.9 Å². The van der Waals surface area contributed by atoms with Crippen molar-refractivity contribution in [3.8, 4) is 0 Å². The minimum atomic E-state index is -0.977. The Hall–Kier alpha value is -2.20. The van der Waals surface area contributed by atoms with Crippen molar-refractivity contribution in [1.82, 2.24) is 9.88 Å².